The number of hydrogen-bond acceptors (Lipinski definition) is 6. The molecule has 1 fully saturated rings. The molecule has 3 unspecified atom stereocenters. The van der Waals surface area contributed by atoms with E-state index in [9.17, 15) is 31.5 Å². The summed E-state index contributed by atoms with van der Waals surface area (Å²) in [5, 5.41) is 0.129. The first kappa shape index (κ1) is 31.5. The summed E-state index contributed by atoms with van der Waals surface area (Å²) in [7, 11) is 1.47. The molecule has 3 atom stereocenters. The van der Waals surface area contributed by atoms with Crippen LogP contribution in [-0.4, -0.2) is 65.0 Å². The highest BCUT2D eigenvalue weighted by molar-refractivity contribution is 7.99. The first-order chi connectivity index (χ1) is 19.8. The Morgan fingerprint density at radius 3 is 2.48 bits per heavy atom. The number of ether oxygens (including phenoxy) is 1. The Morgan fingerprint density at radius 1 is 1.24 bits per heavy atom. The fourth-order valence-electron chi connectivity index (χ4n) is 5.58. The average molecular weight is 611 g/mol. The molecule has 1 aromatic carbocycles. The summed E-state index contributed by atoms with van der Waals surface area (Å²) in [5.41, 5.74) is -1.67. The van der Waals surface area contributed by atoms with Crippen molar-refractivity contribution >= 4 is 40.5 Å². The third-order valence-electron chi connectivity index (χ3n) is 7.37. The number of allylic oxidation sites excluding steroid dienone is 4. The van der Waals surface area contributed by atoms with E-state index in [2.05, 4.69) is 11.6 Å². The van der Waals surface area contributed by atoms with E-state index >= 15 is 0 Å². The second-order valence-electron chi connectivity index (χ2n) is 10.3. The van der Waals surface area contributed by atoms with Gasteiger partial charge >= 0.3 is 11.9 Å². The fraction of sp³-hybridized carbons (Fsp3) is 0.414. The van der Waals surface area contributed by atoms with Crippen molar-refractivity contribution in [3.05, 3.63) is 70.2 Å². The van der Waals surface area contributed by atoms with Crippen LogP contribution in [0.1, 0.15) is 37.9 Å². The van der Waals surface area contributed by atoms with Crippen LogP contribution in [0.2, 0.25) is 0 Å². The van der Waals surface area contributed by atoms with Gasteiger partial charge in [-0.05, 0) is 38.5 Å². The predicted octanol–water partition coefficient (Wildman–Crippen LogP) is 6.06. The van der Waals surface area contributed by atoms with Crippen LogP contribution in [0.3, 0.4) is 0 Å². The molecule has 2 aliphatic heterocycles. The van der Waals surface area contributed by atoms with Crippen LogP contribution < -0.4 is 10.6 Å². The third-order valence-corrected chi connectivity index (χ3v) is 8.62. The van der Waals surface area contributed by atoms with Crippen molar-refractivity contribution in [1.29, 1.82) is 0 Å². The monoisotopic (exact) mass is 610 g/mol. The lowest BCUT2D eigenvalue weighted by molar-refractivity contribution is -0.137. The van der Waals surface area contributed by atoms with Crippen molar-refractivity contribution in [3.8, 4) is 0 Å². The summed E-state index contributed by atoms with van der Waals surface area (Å²) in [5.74, 6) is -0.877. The summed E-state index contributed by atoms with van der Waals surface area (Å²) in [6, 6.07) is -0.200. The van der Waals surface area contributed by atoms with Gasteiger partial charge in [0.25, 0.3) is 0 Å². The Morgan fingerprint density at radius 2 is 1.90 bits per heavy atom. The summed E-state index contributed by atoms with van der Waals surface area (Å²) in [6.07, 6.45) is -0.740. The van der Waals surface area contributed by atoms with Gasteiger partial charge in [-0.2, -0.15) is 18.2 Å². The standard InChI is InChI=1S/C29H31F5N4O3S/c1-6-24(39)37-17(3)12-36(13-18(37)4)27-21-11-22(29(32,33)34)20(8-7-16(2)23(31)9-10-30)26-25(21)38(28(40)35-27)19(14-41-5)15-42-26/h6-11,17-19H,1,12-15H2,2-5H3/b8-7+,10-9+,23-16+. The Hall–Kier alpha value is -3.45. The first-order valence-electron chi connectivity index (χ1n) is 13.2. The minimum atomic E-state index is -4.81. The van der Waals surface area contributed by atoms with Crippen molar-refractivity contribution in [1.82, 2.24) is 14.5 Å². The highest BCUT2D eigenvalue weighted by Gasteiger charge is 2.39. The summed E-state index contributed by atoms with van der Waals surface area (Å²) < 4.78 is 77.1. The van der Waals surface area contributed by atoms with Crippen LogP contribution in [0.5, 0.6) is 0 Å². The molecular weight excluding hydrogens is 579 g/mol. The van der Waals surface area contributed by atoms with E-state index in [0.29, 0.717) is 6.08 Å². The van der Waals surface area contributed by atoms with Gasteiger partial charge in [0.1, 0.15) is 11.6 Å². The van der Waals surface area contributed by atoms with Gasteiger partial charge < -0.3 is 14.5 Å². The molecule has 0 aliphatic carbocycles. The average Bonchev–Trinajstić information content (AvgIpc) is 2.93. The molecule has 7 nitrogen and oxygen atoms in total. The largest absolute Gasteiger partial charge is 0.417 e. The highest BCUT2D eigenvalue weighted by Crippen LogP contribution is 2.46. The second kappa shape index (κ2) is 12.4. The number of halogens is 5. The van der Waals surface area contributed by atoms with Crippen LogP contribution in [0, 0.1) is 0 Å². The van der Waals surface area contributed by atoms with Crippen LogP contribution in [0.4, 0.5) is 27.8 Å². The summed E-state index contributed by atoms with van der Waals surface area (Å²) >= 11 is 1.14. The van der Waals surface area contributed by atoms with Crippen molar-refractivity contribution in [3.63, 3.8) is 0 Å². The zero-order valence-electron chi connectivity index (χ0n) is 23.5. The number of methoxy groups -OCH3 is 1. The van der Waals surface area contributed by atoms with Gasteiger partial charge in [0.15, 0.2) is 0 Å². The van der Waals surface area contributed by atoms with E-state index < -0.39 is 29.3 Å². The topological polar surface area (TPSA) is 67.7 Å². The molecule has 42 heavy (non-hydrogen) atoms. The van der Waals surface area contributed by atoms with Gasteiger partial charge in [-0.15, -0.1) is 11.8 Å². The number of carbonyl (C=O) groups excluding carboxylic acids is 1. The number of thioether (sulfide) groups is 1. The molecule has 2 aromatic rings. The van der Waals surface area contributed by atoms with Gasteiger partial charge in [-0.25, -0.2) is 13.6 Å². The summed E-state index contributed by atoms with van der Waals surface area (Å²) in [6.45, 7) is 9.07. The number of nitrogens with zero attached hydrogens (tertiary/aromatic N) is 4. The molecule has 4 rings (SSSR count). The second-order valence-corrected chi connectivity index (χ2v) is 11.3. The molecule has 0 N–H and O–H groups in total. The minimum Gasteiger partial charge on any atom is -0.383 e. The van der Waals surface area contributed by atoms with E-state index in [1.165, 1.54) is 24.7 Å². The molecule has 13 heteroatoms. The fourth-order valence-corrected chi connectivity index (χ4v) is 6.86. The molecule has 0 radical (unpaired) electrons. The molecule has 2 aliphatic rings. The molecule has 1 amide bonds. The molecule has 1 aromatic heterocycles. The molecule has 3 heterocycles. The number of benzene rings is 1. The number of aromatic nitrogens is 2. The maximum atomic E-state index is 14.6. The Balaban J connectivity index is 2.02. The van der Waals surface area contributed by atoms with E-state index in [1.807, 2.05) is 13.8 Å². The number of piperazine rings is 1. The number of rotatable bonds is 7. The molecule has 0 bridgehead atoms. The minimum absolute atomic E-state index is 0.00144. The molecule has 1 saturated heterocycles. The molecule has 0 spiro atoms. The Labute approximate surface area is 244 Å². The maximum absolute atomic E-state index is 14.6. The quantitative estimate of drug-likeness (QED) is 0.216. The zero-order valence-corrected chi connectivity index (χ0v) is 24.4. The third kappa shape index (κ3) is 5.89. The van der Waals surface area contributed by atoms with Crippen molar-refractivity contribution in [2.45, 2.75) is 50.0 Å². The number of anilines is 1. The van der Waals surface area contributed by atoms with E-state index in [4.69, 9.17) is 4.74 Å². The smallest absolute Gasteiger partial charge is 0.383 e. The van der Waals surface area contributed by atoms with Crippen LogP contribution in [0.25, 0.3) is 17.0 Å². The van der Waals surface area contributed by atoms with E-state index in [-0.39, 0.29) is 82.5 Å². The van der Waals surface area contributed by atoms with E-state index in [1.54, 1.807) is 9.80 Å². The van der Waals surface area contributed by atoms with E-state index in [0.717, 1.165) is 30.0 Å². The lowest BCUT2D eigenvalue weighted by Crippen LogP contribution is -2.58. The van der Waals surface area contributed by atoms with Gasteiger partial charge in [-0.3, -0.25) is 9.36 Å². The van der Waals surface area contributed by atoms with Crippen molar-refractivity contribution in [2.24, 2.45) is 0 Å². The van der Waals surface area contributed by atoms with Gasteiger partial charge in [0.2, 0.25) is 5.91 Å². The van der Waals surface area contributed by atoms with Crippen LogP contribution >= 0.6 is 11.8 Å². The SMILES string of the molecule is C=CC(=O)N1C(C)CN(c2nc(=O)n3c4c(c(/C=C/C(C)=C(F)\C=C\F)c(C(F)(F)F)cc24)SCC3COC)CC1C. The van der Waals surface area contributed by atoms with Crippen LogP contribution in [-0.2, 0) is 15.7 Å². The lowest BCUT2D eigenvalue weighted by atomic mass is 10.00. The summed E-state index contributed by atoms with van der Waals surface area (Å²) in [4.78, 5) is 33.8. The molecular formula is C29H31F5N4O3S. The Kier molecular flexibility index (Phi) is 9.31. The Bertz CT molecular complexity index is 1540. The molecule has 226 valence electrons. The highest BCUT2D eigenvalue weighted by atomic mass is 32.2. The number of alkyl halides is 3. The molecule has 0 saturated carbocycles. The van der Waals surface area contributed by atoms with Gasteiger partial charge in [0.05, 0.1) is 30.1 Å². The van der Waals surface area contributed by atoms with Crippen molar-refractivity contribution in [2.75, 3.05) is 37.5 Å². The van der Waals surface area contributed by atoms with Crippen LogP contribution in [0.15, 0.2) is 58.3 Å². The number of hydrogen-bond donors (Lipinski definition) is 0. The predicted molar refractivity (Wildman–Crippen MR) is 154 cm³/mol. The first-order valence-corrected chi connectivity index (χ1v) is 14.2. The lowest BCUT2D eigenvalue weighted by Gasteiger charge is -2.45. The van der Waals surface area contributed by atoms with Gasteiger partial charge in [-0.1, -0.05) is 18.7 Å². The zero-order chi connectivity index (χ0) is 30.9. The number of carbonyl (C=O) groups is 1. The van der Waals surface area contributed by atoms with Gasteiger partial charge in [0, 0.05) is 60.0 Å². The number of amides is 1. The maximum Gasteiger partial charge on any atom is 0.417 e. The normalized spacial score (nSPS) is 21.9. The van der Waals surface area contributed by atoms with Crippen molar-refractivity contribution < 1.29 is 31.5 Å².